The van der Waals surface area contributed by atoms with Crippen molar-refractivity contribution in [2.75, 3.05) is 7.05 Å². The fourth-order valence-corrected chi connectivity index (χ4v) is 2.49. The third kappa shape index (κ3) is 4.27. The standard InChI is InChI=1S/C21H25NO3/c1-20(2,3)25-19(24)22(5)21(4,15-23)18-13-11-17(12-14-18)16-9-7-6-8-10-16/h6-15H,1-5H3. The van der Waals surface area contributed by atoms with Crippen LogP contribution in [-0.4, -0.2) is 29.9 Å². The van der Waals surface area contributed by atoms with Crippen LogP contribution < -0.4 is 0 Å². The van der Waals surface area contributed by atoms with E-state index in [4.69, 9.17) is 4.74 Å². The number of carbonyl (C=O) groups is 2. The van der Waals surface area contributed by atoms with Crippen molar-refractivity contribution in [2.45, 2.75) is 38.8 Å². The summed E-state index contributed by atoms with van der Waals surface area (Å²) in [5.41, 5.74) is 1.17. The number of rotatable bonds is 4. The Hall–Kier alpha value is -2.62. The van der Waals surface area contributed by atoms with Gasteiger partial charge >= 0.3 is 6.09 Å². The van der Waals surface area contributed by atoms with Crippen LogP contribution in [-0.2, 0) is 15.1 Å². The summed E-state index contributed by atoms with van der Waals surface area (Å²) in [4.78, 5) is 25.6. The summed E-state index contributed by atoms with van der Waals surface area (Å²) in [5, 5.41) is 0. The number of hydrogen-bond acceptors (Lipinski definition) is 3. The zero-order chi connectivity index (χ0) is 18.7. The molecule has 1 amide bonds. The lowest BCUT2D eigenvalue weighted by Gasteiger charge is -2.35. The molecule has 4 nitrogen and oxygen atoms in total. The molecule has 25 heavy (non-hydrogen) atoms. The fourth-order valence-electron chi connectivity index (χ4n) is 2.49. The Morgan fingerprint density at radius 2 is 1.44 bits per heavy atom. The van der Waals surface area contributed by atoms with Crippen molar-refractivity contribution in [3.05, 3.63) is 60.2 Å². The van der Waals surface area contributed by atoms with E-state index in [1.807, 2.05) is 54.6 Å². The van der Waals surface area contributed by atoms with Crippen molar-refractivity contribution < 1.29 is 14.3 Å². The molecule has 0 saturated heterocycles. The zero-order valence-electron chi connectivity index (χ0n) is 15.4. The molecule has 0 radical (unpaired) electrons. The van der Waals surface area contributed by atoms with Crippen LogP contribution in [0.5, 0.6) is 0 Å². The van der Waals surface area contributed by atoms with E-state index < -0.39 is 17.2 Å². The van der Waals surface area contributed by atoms with Gasteiger partial charge in [-0.25, -0.2) is 4.79 Å². The third-order valence-corrected chi connectivity index (χ3v) is 4.17. The lowest BCUT2D eigenvalue weighted by Crippen LogP contribution is -2.48. The second-order valence-corrected chi connectivity index (χ2v) is 7.25. The van der Waals surface area contributed by atoms with Gasteiger partial charge in [0.1, 0.15) is 17.4 Å². The van der Waals surface area contributed by atoms with Crippen LogP contribution in [0.4, 0.5) is 4.79 Å². The molecule has 2 aromatic carbocycles. The fraction of sp³-hybridized carbons (Fsp3) is 0.333. The van der Waals surface area contributed by atoms with Gasteiger partial charge in [-0.15, -0.1) is 0 Å². The quantitative estimate of drug-likeness (QED) is 0.763. The number of ether oxygens (including phenoxy) is 1. The number of aldehydes is 1. The van der Waals surface area contributed by atoms with Crippen LogP contribution in [0.15, 0.2) is 54.6 Å². The summed E-state index contributed by atoms with van der Waals surface area (Å²) >= 11 is 0. The van der Waals surface area contributed by atoms with Crippen molar-refractivity contribution in [1.82, 2.24) is 4.90 Å². The van der Waals surface area contributed by atoms with Gasteiger partial charge < -0.3 is 9.53 Å². The number of likely N-dealkylation sites (N-methyl/N-ethyl adjacent to an activating group) is 1. The van der Waals surface area contributed by atoms with Gasteiger partial charge in [0, 0.05) is 7.05 Å². The number of amides is 1. The maximum atomic E-state index is 12.4. The van der Waals surface area contributed by atoms with Gasteiger partial charge in [-0.2, -0.15) is 0 Å². The second kappa shape index (κ2) is 7.09. The van der Waals surface area contributed by atoms with Crippen molar-refractivity contribution in [1.29, 1.82) is 0 Å². The first-order valence-corrected chi connectivity index (χ1v) is 8.26. The molecular formula is C21H25NO3. The minimum absolute atomic E-state index is 0.533. The van der Waals surface area contributed by atoms with Crippen molar-refractivity contribution in [3.63, 3.8) is 0 Å². The highest BCUT2D eigenvalue weighted by Crippen LogP contribution is 2.29. The molecule has 2 aromatic rings. The molecule has 1 atom stereocenters. The summed E-state index contributed by atoms with van der Waals surface area (Å²) in [6.07, 6.45) is 0.239. The second-order valence-electron chi connectivity index (χ2n) is 7.25. The van der Waals surface area contributed by atoms with Crippen molar-refractivity contribution in [3.8, 4) is 11.1 Å². The minimum atomic E-state index is -1.10. The maximum Gasteiger partial charge on any atom is 0.411 e. The molecule has 0 aliphatic heterocycles. The molecule has 0 spiro atoms. The first kappa shape index (κ1) is 18.7. The largest absolute Gasteiger partial charge is 0.444 e. The first-order valence-electron chi connectivity index (χ1n) is 8.26. The van der Waals surface area contributed by atoms with Gasteiger partial charge in [0.2, 0.25) is 0 Å². The highest BCUT2D eigenvalue weighted by molar-refractivity contribution is 5.78. The Labute approximate surface area is 149 Å². The molecule has 4 heteroatoms. The summed E-state index contributed by atoms with van der Waals surface area (Å²) in [5.74, 6) is 0. The van der Waals surface area contributed by atoms with E-state index in [0.717, 1.165) is 23.0 Å². The predicted molar refractivity (Wildman–Crippen MR) is 99.3 cm³/mol. The van der Waals surface area contributed by atoms with Gasteiger partial charge in [-0.05, 0) is 44.4 Å². The van der Waals surface area contributed by atoms with E-state index in [-0.39, 0.29) is 0 Å². The molecule has 132 valence electrons. The summed E-state index contributed by atoms with van der Waals surface area (Å²) < 4.78 is 5.39. The number of hydrogen-bond donors (Lipinski definition) is 0. The van der Waals surface area contributed by atoms with Gasteiger partial charge in [0.15, 0.2) is 0 Å². The number of carbonyl (C=O) groups excluding carboxylic acids is 2. The Morgan fingerprint density at radius 3 is 1.92 bits per heavy atom. The molecule has 0 fully saturated rings. The summed E-state index contributed by atoms with van der Waals surface area (Å²) in [6, 6.07) is 17.6. The predicted octanol–water partition coefficient (Wildman–Crippen LogP) is 4.63. The van der Waals surface area contributed by atoms with Crippen molar-refractivity contribution >= 4 is 12.4 Å². The highest BCUT2D eigenvalue weighted by atomic mass is 16.6. The Bertz CT molecular complexity index is 732. The topological polar surface area (TPSA) is 46.6 Å². The molecule has 0 aliphatic carbocycles. The molecule has 0 N–H and O–H groups in total. The average molecular weight is 339 g/mol. The van der Waals surface area contributed by atoms with Crippen LogP contribution in [0.1, 0.15) is 33.3 Å². The van der Waals surface area contributed by atoms with Gasteiger partial charge in [0.25, 0.3) is 0 Å². The molecule has 0 bridgehead atoms. The zero-order valence-corrected chi connectivity index (χ0v) is 15.4. The van der Waals surface area contributed by atoms with E-state index in [1.165, 1.54) is 4.90 Å². The molecule has 2 rings (SSSR count). The number of benzene rings is 2. The molecular weight excluding hydrogens is 314 g/mol. The lowest BCUT2D eigenvalue weighted by molar-refractivity contribution is -0.117. The first-order chi connectivity index (χ1) is 11.7. The van der Waals surface area contributed by atoms with E-state index in [2.05, 4.69) is 0 Å². The van der Waals surface area contributed by atoms with Gasteiger partial charge in [-0.3, -0.25) is 4.90 Å². The Morgan fingerprint density at radius 1 is 0.920 bits per heavy atom. The molecule has 0 aromatic heterocycles. The molecule has 0 saturated carbocycles. The monoisotopic (exact) mass is 339 g/mol. The lowest BCUT2D eigenvalue weighted by atomic mass is 9.90. The number of nitrogens with zero attached hydrogens (tertiary/aromatic N) is 1. The molecule has 1 unspecified atom stereocenters. The normalized spacial score (nSPS) is 13.6. The smallest absolute Gasteiger partial charge is 0.411 e. The van der Waals surface area contributed by atoms with Crippen LogP contribution in [0, 0.1) is 0 Å². The van der Waals surface area contributed by atoms with E-state index in [0.29, 0.717) is 0 Å². The summed E-state index contributed by atoms with van der Waals surface area (Å²) in [7, 11) is 1.58. The van der Waals surface area contributed by atoms with Crippen molar-refractivity contribution in [2.24, 2.45) is 0 Å². The van der Waals surface area contributed by atoms with Crippen LogP contribution in [0.3, 0.4) is 0 Å². The SMILES string of the molecule is CN(C(=O)OC(C)(C)C)C(C)(C=O)c1ccc(-c2ccccc2)cc1. The van der Waals surface area contributed by atoms with Crippen LogP contribution in [0.2, 0.25) is 0 Å². The molecule has 0 aliphatic rings. The van der Waals surface area contributed by atoms with E-state index in [9.17, 15) is 9.59 Å². The Balaban J connectivity index is 2.29. The van der Waals surface area contributed by atoms with Gasteiger partial charge in [-0.1, -0.05) is 54.6 Å². The van der Waals surface area contributed by atoms with E-state index in [1.54, 1.807) is 34.7 Å². The third-order valence-electron chi connectivity index (χ3n) is 4.17. The minimum Gasteiger partial charge on any atom is -0.444 e. The van der Waals surface area contributed by atoms with Crippen LogP contribution in [0.25, 0.3) is 11.1 Å². The average Bonchev–Trinajstić information content (AvgIpc) is 2.60. The highest BCUT2D eigenvalue weighted by Gasteiger charge is 2.36. The maximum absolute atomic E-state index is 12.4. The molecule has 0 heterocycles. The van der Waals surface area contributed by atoms with Gasteiger partial charge in [0.05, 0.1) is 0 Å². The Kier molecular flexibility index (Phi) is 5.31. The van der Waals surface area contributed by atoms with Crippen LogP contribution >= 0.6 is 0 Å². The van der Waals surface area contributed by atoms with E-state index >= 15 is 0 Å². The summed E-state index contributed by atoms with van der Waals surface area (Å²) in [6.45, 7) is 7.10.